The van der Waals surface area contributed by atoms with Gasteiger partial charge in [-0.05, 0) is 38.8 Å². The molecule has 0 heterocycles. The van der Waals surface area contributed by atoms with Crippen molar-refractivity contribution in [3.63, 3.8) is 0 Å². The van der Waals surface area contributed by atoms with Crippen molar-refractivity contribution < 1.29 is 4.79 Å². The standard InChI is InChI=1S/C14H22N2O/c1-5-11-8-6-7-9-12(11)15-10-13(17)16-14(2,3)4/h6-9,15H,5,10H2,1-4H3,(H,16,17). The lowest BCUT2D eigenvalue weighted by molar-refractivity contribution is -0.120. The molecule has 0 aromatic heterocycles. The Kier molecular flexibility index (Phi) is 4.55. The van der Waals surface area contributed by atoms with Gasteiger partial charge in [0.05, 0.1) is 6.54 Å². The highest BCUT2D eigenvalue weighted by atomic mass is 16.2. The first-order valence-corrected chi connectivity index (χ1v) is 6.05. The molecule has 94 valence electrons. The number of para-hydroxylation sites is 1. The average molecular weight is 234 g/mol. The maximum atomic E-state index is 11.7. The molecule has 1 amide bonds. The summed E-state index contributed by atoms with van der Waals surface area (Å²) in [7, 11) is 0. The predicted octanol–water partition coefficient (Wildman–Crippen LogP) is 2.58. The van der Waals surface area contributed by atoms with Gasteiger partial charge in [0.1, 0.15) is 0 Å². The zero-order chi connectivity index (χ0) is 12.9. The maximum absolute atomic E-state index is 11.7. The van der Waals surface area contributed by atoms with Gasteiger partial charge in [-0.15, -0.1) is 0 Å². The van der Waals surface area contributed by atoms with Crippen molar-refractivity contribution in [1.29, 1.82) is 0 Å². The third-order valence-electron chi connectivity index (χ3n) is 2.35. The molecule has 0 bridgehead atoms. The Morgan fingerprint density at radius 2 is 1.88 bits per heavy atom. The molecule has 0 radical (unpaired) electrons. The summed E-state index contributed by atoms with van der Waals surface area (Å²) in [4.78, 5) is 11.7. The van der Waals surface area contributed by atoms with Crippen molar-refractivity contribution in [2.45, 2.75) is 39.7 Å². The molecule has 0 aliphatic carbocycles. The SMILES string of the molecule is CCc1ccccc1NCC(=O)NC(C)(C)C. The van der Waals surface area contributed by atoms with E-state index in [1.165, 1.54) is 5.56 Å². The highest BCUT2D eigenvalue weighted by Crippen LogP contribution is 2.14. The topological polar surface area (TPSA) is 41.1 Å². The number of benzene rings is 1. The fourth-order valence-corrected chi connectivity index (χ4v) is 1.64. The van der Waals surface area contributed by atoms with Gasteiger partial charge >= 0.3 is 0 Å². The summed E-state index contributed by atoms with van der Waals surface area (Å²) in [5, 5.41) is 6.10. The highest BCUT2D eigenvalue weighted by Gasteiger charge is 2.13. The van der Waals surface area contributed by atoms with Gasteiger partial charge in [-0.2, -0.15) is 0 Å². The number of hydrogen-bond acceptors (Lipinski definition) is 2. The van der Waals surface area contributed by atoms with Crippen LogP contribution in [0.25, 0.3) is 0 Å². The van der Waals surface area contributed by atoms with E-state index in [9.17, 15) is 4.79 Å². The van der Waals surface area contributed by atoms with Crippen molar-refractivity contribution in [2.24, 2.45) is 0 Å². The Bertz CT molecular complexity index is 380. The van der Waals surface area contributed by atoms with Gasteiger partial charge in [0.2, 0.25) is 5.91 Å². The number of anilines is 1. The van der Waals surface area contributed by atoms with Crippen LogP contribution in [0.1, 0.15) is 33.3 Å². The molecule has 1 aromatic carbocycles. The first-order chi connectivity index (χ1) is 7.92. The summed E-state index contributed by atoms with van der Waals surface area (Å²) in [6, 6.07) is 8.07. The quantitative estimate of drug-likeness (QED) is 0.840. The van der Waals surface area contributed by atoms with Crippen LogP contribution in [0.4, 0.5) is 5.69 Å². The molecule has 17 heavy (non-hydrogen) atoms. The number of carbonyl (C=O) groups is 1. The fraction of sp³-hybridized carbons (Fsp3) is 0.500. The molecular weight excluding hydrogens is 212 g/mol. The lowest BCUT2D eigenvalue weighted by atomic mass is 10.1. The van der Waals surface area contributed by atoms with Gasteiger partial charge in [0.25, 0.3) is 0 Å². The Morgan fingerprint density at radius 3 is 2.47 bits per heavy atom. The molecule has 3 heteroatoms. The average Bonchev–Trinajstić information content (AvgIpc) is 2.24. The Balaban J connectivity index is 2.53. The van der Waals surface area contributed by atoms with Gasteiger partial charge in [-0.25, -0.2) is 0 Å². The molecule has 1 rings (SSSR count). The molecule has 0 aliphatic rings. The van der Waals surface area contributed by atoms with Crippen LogP contribution in [0, 0.1) is 0 Å². The summed E-state index contributed by atoms with van der Waals surface area (Å²) in [6.07, 6.45) is 0.962. The van der Waals surface area contributed by atoms with Crippen LogP contribution in [0.5, 0.6) is 0 Å². The monoisotopic (exact) mass is 234 g/mol. The second-order valence-electron chi connectivity index (χ2n) is 5.16. The van der Waals surface area contributed by atoms with Gasteiger partial charge in [-0.1, -0.05) is 25.1 Å². The van der Waals surface area contributed by atoms with Crippen LogP contribution in [0.3, 0.4) is 0 Å². The van der Waals surface area contributed by atoms with Gasteiger partial charge in [0.15, 0.2) is 0 Å². The van der Waals surface area contributed by atoms with E-state index in [0.717, 1.165) is 12.1 Å². The van der Waals surface area contributed by atoms with Crippen LogP contribution >= 0.6 is 0 Å². The van der Waals surface area contributed by atoms with Crippen molar-refractivity contribution in [3.05, 3.63) is 29.8 Å². The second kappa shape index (κ2) is 5.71. The number of nitrogens with one attached hydrogen (secondary N) is 2. The molecule has 0 spiro atoms. The molecule has 0 atom stereocenters. The van der Waals surface area contributed by atoms with Crippen molar-refractivity contribution >= 4 is 11.6 Å². The lowest BCUT2D eigenvalue weighted by Crippen LogP contribution is -2.43. The lowest BCUT2D eigenvalue weighted by Gasteiger charge is -2.21. The van der Waals surface area contributed by atoms with Crippen LogP contribution in [-0.4, -0.2) is 18.0 Å². The smallest absolute Gasteiger partial charge is 0.239 e. The highest BCUT2D eigenvalue weighted by molar-refractivity contribution is 5.81. The minimum absolute atomic E-state index is 0.0170. The molecule has 1 aromatic rings. The van der Waals surface area contributed by atoms with Gasteiger partial charge < -0.3 is 10.6 Å². The molecule has 0 unspecified atom stereocenters. The summed E-state index contributed by atoms with van der Waals surface area (Å²) in [6.45, 7) is 8.35. The van der Waals surface area contributed by atoms with E-state index in [1.54, 1.807) is 0 Å². The molecule has 2 N–H and O–H groups in total. The largest absolute Gasteiger partial charge is 0.376 e. The van der Waals surface area contributed by atoms with E-state index in [2.05, 4.69) is 23.6 Å². The molecule has 3 nitrogen and oxygen atoms in total. The minimum atomic E-state index is -0.178. The van der Waals surface area contributed by atoms with Crippen molar-refractivity contribution in [1.82, 2.24) is 5.32 Å². The molecule has 0 saturated heterocycles. The summed E-state index contributed by atoms with van der Waals surface area (Å²) >= 11 is 0. The van der Waals surface area contributed by atoms with Crippen LogP contribution < -0.4 is 10.6 Å². The van der Waals surface area contributed by atoms with E-state index < -0.39 is 0 Å². The molecular formula is C14H22N2O. The number of aryl methyl sites for hydroxylation is 1. The maximum Gasteiger partial charge on any atom is 0.239 e. The van der Waals surface area contributed by atoms with Gasteiger partial charge in [-0.3, -0.25) is 4.79 Å². The third kappa shape index (κ3) is 4.89. The number of hydrogen-bond donors (Lipinski definition) is 2. The predicted molar refractivity (Wildman–Crippen MR) is 72.2 cm³/mol. The number of rotatable bonds is 4. The zero-order valence-corrected chi connectivity index (χ0v) is 11.1. The van der Waals surface area contributed by atoms with E-state index in [-0.39, 0.29) is 11.4 Å². The summed E-state index contributed by atoms with van der Waals surface area (Å²) < 4.78 is 0. The first kappa shape index (κ1) is 13.6. The first-order valence-electron chi connectivity index (χ1n) is 6.05. The van der Waals surface area contributed by atoms with Crippen molar-refractivity contribution in [3.8, 4) is 0 Å². The Labute approximate surface area is 104 Å². The zero-order valence-electron chi connectivity index (χ0n) is 11.1. The second-order valence-corrected chi connectivity index (χ2v) is 5.16. The number of amides is 1. The summed E-state index contributed by atoms with van der Waals surface area (Å²) in [5.41, 5.74) is 2.10. The van der Waals surface area contributed by atoms with E-state index in [1.807, 2.05) is 39.0 Å². The summed E-state index contributed by atoms with van der Waals surface area (Å²) in [5.74, 6) is 0.0170. The van der Waals surface area contributed by atoms with Crippen LogP contribution in [-0.2, 0) is 11.2 Å². The van der Waals surface area contributed by atoms with E-state index in [0.29, 0.717) is 6.54 Å². The normalized spacial score (nSPS) is 11.1. The van der Waals surface area contributed by atoms with Crippen LogP contribution in [0.15, 0.2) is 24.3 Å². The number of carbonyl (C=O) groups excluding carboxylic acids is 1. The minimum Gasteiger partial charge on any atom is -0.376 e. The fourth-order valence-electron chi connectivity index (χ4n) is 1.64. The third-order valence-corrected chi connectivity index (χ3v) is 2.35. The Morgan fingerprint density at radius 1 is 1.24 bits per heavy atom. The van der Waals surface area contributed by atoms with Crippen molar-refractivity contribution in [2.75, 3.05) is 11.9 Å². The molecule has 0 aliphatic heterocycles. The van der Waals surface area contributed by atoms with Crippen LogP contribution in [0.2, 0.25) is 0 Å². The molecule has 0 fully saturated rings. The Hall–Kier alpha value is -1.51. The van der Waals surface area contributed by atoms with E-state index in [4.69, 9.17) is 0 Å². The van der Waals surface area contributed by atoms with Gasteiger partial charge in [0, 0.05) is 11.2 Å². The molecule has 0 saturated carbocycles. The van der Waals surface area contributed by atoms with E-state index >= 15 is 0 Å².